The van der Waals surface area contributed by atoms with Gasteiger partial charge < -0.3 is 10.0 Å². The van der Waals surface area contributed by atoms with E-state index in [1.165, 1.54) is 24.5 Å². The third-order valence-electron chi connectivity index (χ3n) is 7.04. The number of likely N-dealkylation sites (tertiary alicyclic amines) is 1. The molecule has 30 heavy (non-hydrogen) atoms. The third-order valence-corrected chi connectivity index (χ3v) is 7.04. The lowest BCUT2D eigenvalue weighted by Gasteiger charge is -2.40. The molecule has 1 aliphatic heterocycles. The van der Waals surface area contributed by atoms with Gasteiger partial charge in [-0.2, -0.15) is 0 Å². The average Bonchev–Trinajstić information content (AvgIpc) is 3.57. The van der Waals surface area contributed by atoms with Gasteiger partial charge in [-0.1, -0.05) is 72.8 Å². The van der Waals surface area contributed by atoms with E-state index in [9.17, 15) is 9.50 Å². The summed E-state index contributed by atoms with van der Waals surface area (Å²) in [5, 5.41) is 11.3. The molecule has 1 heterocycles. The van der Waals surface area contributed by atoms with E-state index < -0.39 is 5.60 Å². The van der Waals surface area contributed by atoms with Gasteiger partial charge in [0.25, 0.3) is 0 Å². The van der Waals surface area contributed by atoms with E-state index in [-0.39, 0.29) is 5.82 Å². The van der Waals surface area contributed by atoms with Gasteiger partial charge in [0.1, 0.15) is 5.82 Å². The fourth-order valence-corrected chi connectivity index (χ4v) is 4.93. The van der Waals surface area contributed by atoms with Crippen LogP contribution in [0.15, 0.2) is 78.9 Å². The molecule has 1 N–H and O–H groups in total. The number of hydrogen-bond donors (Lipinski definition) is 1. The Morgan fingerprint density at radius 2 is 1.40 bits per heavy atom. The van der Waals surface area contributed by atoms with Crippen LogP contribution in [0, 0.1) is 5.82 Å². The number of aliphatic hydroxyl groups is 1. The summed E-state index contributed by atoms with van der Waals surface area (Å²) in [4.78, 5) is 2.48. The molecule has 1 aliphatic carbocycles. The average molecular weight is 402 g/mol. The summed E-state index contributed by atoms with van der Waals surface area (Å²) in [6.45, 7) is 2.73. The maximum atomic E-state index is 14.8. The molecule has 0 spiro atoms. The van der Waals surface area contributed by atoms with Crippen molar-refractivity contribution in [1.82, 2.24) is 4.90 Å². The Morgan fingerprint density at radius 3 is 2.00 bits per heavy atom. The fourth-order valence-electron chi connectivity index (χ4n) is 4.93. The standard InChI is InChI=1S/C27H28FNO/c28-25-19-23(11-12-24(25)21-7-3-1-4-8-21)27(30)15-17-29(18-16-27)20-26(13-14-26)22-9-5-2-6-10-22/h1-12,19,30H,13-18,20H2. The molecule has 0 bridgehead atoms. The van der Waals surface area contributed by atoms with Crippen LogP contribution in [0.25, 0.3) is 11.1 Å². The van der Waals surface area contributed by atoms with Crippen LogP contribution < -0.4 is 0 Å². The van der Waals surface area contributed by atoms with Crippen molar-refractivity contribution in [3.63, 3.8) is 0 Å². The SMILES string of the molecule is OC1(c2ccc(-c3ccccc3)c(F)c2)CCN(CC2(c3ccccc3)CC2)CC1. The molecule has 1 saturated heterocycles. The molecule has 0 unspecified atom stereocenters. The van der Waals surface area contributed by atoms with Crippen molar-refractivity contribution in [3.8, 4) is 11.1 Å². The summed E-state index contributed by atoms with van der Waals surface area (Å²) >= 11 is 0. The summed E-state index contributed by atoms with van der Waals surface area (Å²) in [5.74, 6) is -0.268. The lowest BCUT2D eigenvalue weighted by Crippen LogP contribution is -2.45. The lowest BCUT2D eigenvalue weighted by molar-refractivity contribution is -0.0278. The van der Waals surface area contributed by atoms with Gasteiger partial charge >= 0.3 is 0 Å². The van der Waals surface area contributed by atoms with Gasteiger partial charge in [0, 0.05) is 30.6 Å². The van der Waals surface area contributed by atoms with E-state index >= 15 is 0 Å². The van der Waals surface area contributed by atoms with Crippen LogP contribution in [0.1, 0.15) is 36.8 Å². The highest BCUT2D eigenvalue weighted by Crippen LogP contribution is 2.49. The number of halogens is 1. The predicted molar refractivity (Wildman–Crippen MR) is 119 cm³/mol. The summed E-state index contributed by atoms with van der Waals surface area (Å²) in [6.07, 6.45) is 3.76. The first kappa shape index (κ1) is 19.5. The van der Waals surface area contributed by atoms with Crippen molar-refractivity contribution in [2.24, 2.45) is 0 Å². The van der Waals surface area contributed by atoms with Gasteiger partial charge in [0.2, 0.25) is 0 Å². The van der Waals surface area contributed by atoms with E-state index in [4.69, 9.17) is 0 Å². The van der Waals surface area contributed by atoms with Crippen LogP contribution in [0.3, 0.4) is 0 Å². The van der Waals surface area contributed by atoms with Crippen molar-refractivity contribution < 1.29 is 9.50 Å². The first-order chi connectivity index (χ1) is 14.6. The minimum atomic E-state index is -0.948. The molecule has 1 saturated carbocycles. The molecular formula is C27H28FNO. The zero-order valence-electron chi connectivity index (χ0n) is 17.2. The monoisotopic (exact) mass is 401 g/mol. The minimum absolute atomic E-state index is 0.268. The Labute approximate surface area is 178 Å². The molecule has 2 nitrogen and oxygen atoms in total. The lowest BCUT2D eigenvalue weighted by atomic mass is 9.83. The first-order valence-corrected chi connectivity index (χ1v) is 10.9. The maximum Gasteiger partial charge on any atom is 0.131 e. The van der Waals surface area contributed by atoms with Gasteiger partial charge in [-0.3, -0.25) is 0 Å². The zero-order valence-corrected chi connectivity index (χ0v) is 17.2. The minimum Gasteiger partial charge on any atom is -0.385 e. The second-order valence-corrected chi connectivity index (χ2v) is 9.01. The topological polar surface area (TPSA) is 23.5 Å². The first-order valence-electron chi connectivity index (χ1n) is 10.9. The smallest absolute Gasteiger partial charge is 0.131 e. The summed E-state index contributed by atoms with van der Waals surface area (Å²) in [7, 11) is 0. The van der Waals surface area contributed by atoms with Crippen LogP contribution in [-0.2, 0) is 11.0 Å². The van der Waals surface area contributed by atoms with Gasteiger partial charge in [0.15, 0.2) is 0 Å². The molecule has 5 rings (SSSR count). The van der Waals surface area contributed by atoms with Crippen LogP contribution in [-0.4, -0.2) is 29.6 Å². The van der Waals surface area contributed by atoms with Crippen molar-refractivity contribution in [3.05, 3.63) is 95.8 Å². The van der Waals surface area contributed by atoms with E-state index in [2.05, 4.69) is 35.2 Å². The molecule has 2 aliphatic rings. The molecule has 3 heteroatoms. The number of piperidine rings is 1. The summed E-state index contributed by atoms with van der Waals surface area (Å²) < 4.78 is 14.8. The van der Waals surface area contributed by atoms with Gasteiger partial charge in [0.05, 0.1) is 5.60 Å². The second-order valence-electron chi connectivity index (χ2n) is 9.01. The Kier molecular flexibility index (Phi) is 4.96. The Morgan fingerprint density at radius 1 is 0.767 bits per heavy atom. The zero-order chi connectivity index (χ0) is 20.6. The molecular weight excluding hydrogens is 373 g/mol. The Hall–Kier alpha value is -2.49. The Bertz CT molecular complexity index is 1010. The molecule has 2 fully saturated rings. The third kappa shape index (κ3) is 3.68. The molecule has 154 valence electrons. The normalized spacial score (nSPS) is 20.1. The number of hydrogen-bond acceptors (Lipinski definition) is 2. The Balaban J connectivity index is 1.27. The number of rotatable bonds is 5. The highest BCUT2D eigenvalue weighted by molar-refractivity contribution is 5.64. The number of nitrogens with zero attached hydrogens (tertiary/aromatic N) is 1. The molecule has 0 radical (unpaired) electrons. The quantitative estimate of drug-likeness (QED) is 0.610. The fraction of sp³-hybridized carbons (Fsp3) is 0.333. The van der Waals surface area contributed by atoms with Crippen LogP contribution in [0.4, 0.5) is 4.39 Å². The van der Waals surface area contributed by atoms with E-state index in [0.717, 1.165) is 25.2 Å². The van der Waals surface area contributed by atoms with Gasteiger partial charge in [-0.05, 0) is 48.4 Å². The highest BCUT2D eigenvalue weighted by Gasteiger charge is 2.46. The van der Waals surface area contributed by atoms with Crippen molar-refractivity contribution in [2.75, 3.05) is 19.6 Å². The summed E-state index contributed by atoms with van der Waals surface area (Å²) in [5.41, 5.74) is 2.92. The molecule has 3 aromatic rings. The largest absolute Gasteiger partial charge is 0.385 e. The molecule has 3 aromatic carbocycles. The summed E-state index contributed by atoms with van der Waals surface area (Å²) in [6, 6.07) is 25.6. The van der Waals surface area contributed by atoms with Gasteiger partial charge in [-0.15, -0.1) is 0 Å². The van der Waals surface area contributed by atoms with Crippen molar-refractivity contribution in [2.45, 2.75) is 36.7 Å². The van der Waals surface area contributed by atoms with E-state index in [1.807, 2.05) is 36.4 Å². The highest BCUT2D eigenvalue weighted by atomic mass is 19.1. The number of benzene rings is 3. The molecule has 0 atom stereocenters. The van der Waals surface area contributed by atoms with Crippen LogP contribution >= 0.6 is 0 Å². The molecule has 0 amide bonds. The van der Waals surface area contributed by atoms with E-state index in [0.29, 0.717) is 29.4 Å². The van der Waals surface area contributed by atoms with Crippen molar-refractivity contribution >= 4 is 0 Å². The van der Waals surface area contributed by atoms with Crippen molar-refractivity contribution in [1.29, 1.82) is 0 Å². The molecule has 0 aromatic heterocycles. The van der Waals surface area contributed by atoms with Crippen LogP contribution in [0.5, 0.6) is 0 Å². The van der Waals surface area contributed by atoms with E-state index in [1.54, 1.807) is 6.07 Å². The van der Waals surface area contributed by atoms with Crippen LogP contribution in [0.2, 0.25) is 0 Å². The second kappa shape index (κ2) is 7.64. The van der Waals surface area contributed by atoms with Gasteiger partial charge in [-0.25, -0.2) is 4.39 Å². The predicted octanol–water partition coefficient (Wildman–Crippen LogP) is 5.51. The maximum absolute atomic E-state index is 14.8.